The Morgan fingerprint density at radius 2 is 1.75 bits per heavy atom. The maximum atomic E-state index is 12.2. The molecule has 0 spiro atoms. The predicted molar refractivity (Wildman–Crippen MR) is 73.8 cm³/mol. The van der Waals surface area contributed by atoms with E-state index in [1.54, 1.807) is 12.1 Å². The summed E-state index contributed by atoms with van der Waals surface area (Å²) in [6, 6.07) is 9.84. The number of alkyl halides is 3. The van der Waals surface area contributed by atoms with Gasteiger partial charge in [0.2, 0.25) is 0 Å². The molecule has 1 aromatic carbocycles. The maximum Gasteiger partial charge on any atom is 0.446 e. The van der Waals surface area contributed by atoms with Crippen LogP contribution in [0.15, 0.2) is 45.7 Å². The SMILES string of the molecule is Cc1ccc(C(C)Nc2ccc(SC(F)(F)F)cc2)o1. The highest BCUT2D eigenvalue weighted by Crippen LogP contribution is 2.37. The van der Waals surface area contributed by atoms with Gasteiger partial charge in [0.25, 0.3) is 0 Å². The fourth-order valence-corrected chi connectivity index (χ4v) is 2.30. The molecule has 0 bridgehead atoms. The van der Waals surface area contributed by atoms with Crippen molar-refractivity contribution < 1.29 is 17.6 Å². The van der Waals surface area contributed by atoms with Gasteiger partial charge in [-0.25, -0.2) is 0 Å². The maximum absolute atomic E-state index is 12.2. The summed E-state index contributed by atoms with van der Waals surface area (Å²) in [5, 5.41) is 3.18. The van der Waals surface area contributed by atoms with Crippen LogP contribution in [-0.2, 0) is 0 Å². The van der Waals surface area contributed by atoms with Crippen molar-refractivity contribution >= 4 is 17.4 Å². The van der Waals surface area contributed by atoms with E-state index in [1.165, 1.54) is 12.1 Å². The Bertz CT molecular complexity index is 563. The van der Waals surface area contributed by atoms with Gasteiger partial charge in [0.05, 0.1) is 6.04 Å². The molecule has 1 unspecified atom stereocenters. The zero-order valence-corrected chi connectivity index (χ0v) is 11.8. The molecule has 6 heteroatoms. The van der Waals surface area contributed by atoms with E-state index in [0.29, 0.717) is 0 Å². The van der Waals surface area contributed by atoms with Crippen LogP contribution >= 0.6 is 11.8 Å². The minimum atomic E-state index is -4.26. The van der Waals surface area contributed by atoms with Crippen LogP contribution in [-0.4, -0.2) is 5.51 Å². The molecule has 1 aromatic heterocycles. The molecule has 2 rings (SSSR count). The molecule has 1 N–H and O–H groups in total. The van der Waals surface area contributed by atoms with Crippen molar-refractivity contribution in [3.8, 4) is 0 Å². The highest BCUT2D eigenvalue weighted by molar-refractivity contribution is 8.00. The van der Waals surface area contributed by atoms with Crippen molar-refractivity contribution in [1.29, 1.82) is 0 Å². The third-order valence-corrected chi connectivity index (χ3v) is 3.40. The molecule has 0 radical (unpaired) electrons. The van der Waals surface area contributed by atoms with E-state index >= 15 is 0 Å². The average Bonchev–Trinajstić information content (AvgIpc) is 2.77. The smallest absolute Gasteiger partial charge is 0.446 e. The van der Waals surface area contributed by atoms with Crippen molar-refractivity contribution in [1.82, 2.24) is 0 Å². The van der Waals surface area contributed by atoms with E-state index in [9.17, 15) is 13.2 Å². The molecule has 2 nitrogen and oxygen atoms in total. The Hall–Kier alpha value is -1.56. The first-order valence-electron chi connectivity index (χ1n) is 6.02. The van der Waals surface area contributed by atoms with Crippen LogP contribution in [0.25, 0.3) is 0 Å². The van der Waals surface area contributed by atoms with Gasteiger partial charge in [0.15, 0.2) is 0 Å². The number of furan rings is 1. The molecule has 0 saturated heterocycles. The molecule has 2 aromatic rings. The lowest BCUT2D eigenvalue weighted by Gasteiger charge is -2.13. The predicted octanol–water partition coefficient (Wildman–Crippen LogP) is 5.37. The van der Waals surface area contributed by atoms with Crippen molar-refractivity contribution in [2.45, 2.75) is 30.3 Å². The van der Waals surface area contributed by atoms with Crippen LogP contribution in [0.3, 0.4) is 0 Å². The molecule has 0 aliphatic heterocycles. The number of benzene rings is 1. The summed E-state index contributed by atoms with van der Waals surface area (Å²) >= 11 is -0.118. The first kappa shape index (κ1) is 14.8. The van der Waals surface area contributed by atoms with Crippen molar-refractivity contribution in [3.05, 3.63) is 47.9 Å². The number of aryl methyl sites for hydroxylation is 1. The summed E-state index contributed by atoms with van der Waals surface area (Å²) in [7, 11) is 0. The quantitative estimate of drug-likeness (QED) is 0.768. The molecule has 0 aliphatic carbocycles. The van der Waals surface area contributed by atoms with Gasteiger partial charge < -0.3 is 9.73 Å². The Morgan fingerprint density at radius 1 is 1.10 bits per heavy atom. The molecule has 20 heavy (non-hydrogen) atoms. The average molecular weight is 301 g/mol. The zero-order valence-electron chi connectivity index (χ0n) is 11.0. The lowest BCUT2D eigenvalue weighted by molar-refractivity contribution is -0.0328. The fourth-order valence-electron chi connectivity index (χ4n) is 1.76. The minimum absolute atomic E-state index is 0.0511. The Balaban J connectivity index is 2.00. The first-order chi connectivity index (χ1) is 9.33. The van der Waals surface area contributed by atoms with Crippen LogP contribution in [0.2, 0.25) is 0 Å². The summed E-state index contributed by atoms with van der Waals surface area (Å²) in [6.45, 7) is 3.79. The summed E-state index contributed by atoms with van der Waals surface area (Å²) in [5.74, 6) is 1.61. The van der Waals surface area contributed by atoms with Crippen molar-refractivity contribution in [2.24, 2.45) is 0 Å². The second-order valence-electron chi connectivity index (χ2n) is 4.39. The third-order valence-electron chi connectivity index (χ3n) is 2.66. The Morgan fingerprint density at radius 3 is 2.25 bits per heavy atom. The largest absolute Gasteiger partial charge is 0.464 e. The van der Waals surface area contributed by atoms with Gasteiger partial charge in [-0.15, -0.1) is 0 Å². The van der Waals surface area contributed by atoms with Gasteiger partial charge in [0, 0.05) is 10.6 Å². The van der Waals surface area contributed by atoms with E-state index in [4.69, 9.17) is 4.42 Å². The first-order valence-corrected chi connectivity index (χ1v) is 6.84. The normalized spacial score (nSPS) is 13.2. The highest BCUT2D eigenvalue weighted by atomic mass is 32.2. The van der Waals surface area contributed by atoms with Gasteiger partial charge in [-0.1, -0.05) is 0 Å². The third kappa shape index (κ3) is 4.23. The summed E-state index contributed by atoms with van der Waals surface area (Å²) in [6.07, 6.45) is 0. The molecular formula is C14H14F3NOS. The highest BCUT2D eigenvalue weighted by Gasteiger charge is 2.29. The van der Waals surface area contributed by atoms with Crippen LogP contribution in [0, 0.1) is 6.92 Å². The molecule has 1 heterocycles. The number of hydrogen-bond acceptors (Lipinski definition) is 3. The minimum Gasteiger partial charge on any atom is -0.464 e. The van der Waals surface area contributed by atoms with Crippen LogP contribution in [0.1, 0.15) is 24.5 Å². The number of halogens is 3. The molecular weight excluding hydrogens is 287 g/mol. The zero-order chi connectivity index (χ0) is 14.8. The van der Waals surface area contributed by atoms with Gasteiger partial charge in [-0.3, -0.25) is 0 Å². The standard InChI is InChI=1S/C14H14F3NOS/c1-9-3-8-13(19-9)10(2)18-11-4-6-12(7-5-11)20-14(15,16)17/h3-8,10,18H,1-2H3. The van der Waals surface area contributed by atoms with Crippen LogP contribution < -0.4 is 5.32 Å². The lowest BCUT2D eigenvalue weighted by Crippen LogP contribution is -2.05. The van der Waals surface area contributed by atoms with E-state index in [-0.39, 0.29) is 22.7 Å². The lowest BCUT2D eigenvalue weighted by atomic mass is 10.2. The van der Waals surface area contributed by atoms with Gasteiger partial charge >= 0.3 is 5.51 Å². The van der Waals surface area contributed by atoms with Gasteiger partial charge in [-0.2, -0.15) is 13.2 Å². The van der Waals surface area contributed by atoms with E-state index in [0.717, 1.165) is 17.2 Å². The topological polar surface area (TPSA) is 25.2 Å². The fraction of sp³-hybridized carbons (Fsp3) is 0.286. The Kier molecular flexibility index (Phi) is 4.32. The molecule has 1 atom stereocenters. The number of anilines is 1. The number of hydrogen-bond donors (Lipinski definition) is 1. The van der Waals surface area contributed by atoms with E-state index < -0.39 is 5.51 Å². The van der Waals surface area contributed by atoms with E-state index in [2.05, 4.69) is 5.32 Å². The number of thioether (sulfide) groups is 1. The number of rotatable bonds is 4. The molecule has 0 aliphatic rings. The monoisotopic (exact) mass is 301 g/mol. The van der Waals surface area contributed by atoms with Crippen LogP contribution in [0.4, 0.5) is 18.9 Å². The number of nitrogens with one attached hydrogen (secondary N) is 1. The Labute approximate surface area is 119 Å². The summed E-state index contributed by atoms with van der Waals surface area (Å²) in [4.78, 5) is 0.171. The molecule has 108 valence electrons. The summed E-state index contributed by atoms with van der Waals surface area (Å²) < 4.78 is 42.1. The van der Waals surface area contributed by atoms with Gasteiger partial charge in [0.1, 0.15) is 11.5 Å². The van der Waals surface area contributed by atoms with E-state index in [1.807, 2.05) is 26.0 Å². The molecule has 0 saturated carbocycles. The molecule has 0 amide bonds. The second-order valence-corrected chi connectivity index (χ2v) is 5.53. The summed E-state index contributed by atoms with van der Waals surface area (Å²) in [5.41, 5.74) is -3.51. The molecule has 0 fully saturated rings. The van der Waals surface area contributed by atoms with Gasteiger partial charge in [-0.05, 0) is 62.0 Å². The van der Waals surface area contributed by atoms with Crippen molar-refractivity contribution in [3.63, 3.8) is 0 Å². The van der Waals surface area contributed by atoms with Crippen LogP contribution in [0.5, 0.6) is 0 Å². The second kappa shape index (κ2) is 5.83. The van der Waals surface area contributed by atoms with Crippen molar-refractivity contribution in [2.75, 3.05) is 5.32 Å².